The van der Waals surface area contributed by atoms with Crippen LogP contribution >= 0.6 is 0 Å². The first kappa shape index (κ1) is 14.7. The van der Waals surface area contributed by atoms with Gasteiger partial charge in [-0.05, 0) is 37.1 Å². The maximum atomic E-state index is 4.26. The second kappa shape index (κ2) is 6.62. The molecular formula is C17H23N3. The molecule has 1 aromatic heterocycles. The molecule has 106 valence electrons. The second-order valence-electron chi connectivity index (χ2n) is 5.27. The van der Waals surface area contributed by atoms with Crippen LogP contribution in [0.1, 0.15) is 25.2 Å². The summed E-state index contributed by atoms with van der Waals surface area (Å²) in [6.07, 6.45) is 8.69. The first-order valence-electron chi connectivity index (χ1n) is 7.21. The summed E-state index contributed by atoms with van der Waals surface area (Å²) >= 11 is 0. The fourth-order valence-corrected chi connectivity index (χ4v) is 2.62. The molecule has 0 aliphatic heterocycles. The number of rotatable bonds is 5. The number of nitrogens with zero attached hydrogens (tertiary/aromatic N) is 3. The number of allylic oxidation sites excluding steroid dienone is 2. The fraction of sp³-hybridized carbons (Fsp3) is 0.412. The third-order valence-corrected chi connectivity index (χ3v) is 3.74. The zero-order valence-electron chi connectivity index (χ0n) is 12.6. The van der Waals surface area contributed by atoms with Gasteiger partial charge in [0.05, 0.1) is 11.4 Å². The van der Waals surface area contributed by atoms with Crippen LogP contribution in [0.5, 0.6) is 0 Å². The molecule has 0 radical (unpaired) electrons. The Morgan fingerprint density at radius 2 is 2.15 bits per heavy atom. The molecule has 1 aliphatic rings. The molecule has 2 rings (SSSR count). The predicted octanol–water partition coefficient (Wildman–Crippen LogP) is 3.25. The lowest BCUT2D eigenvalue weighted by molar-refractivity contribution is 0.231. The first-order valence-corrected chi connectivity index (χ1v) is 7.21. The van der Waals surface area contributed by atoms with E-state index in [2.05, 4.69) is 53.8 Å². The van der Waals surface area contributed by atoms with Crippen molar-refractivity contribution in [3.8, 4) is 0 Å². The van der Waals surface area contributed by atoms with Crippen LogP contribution < -0.4 is 0 Å². The molecule has 1 heterocycles. The van der Waals surface area contributed by atoms with E-state index in [4.69, 9.17) is 0 Å². The molecule has 2 atom stereocenters. The van der Waals surface area contributed by atoms with Gasteiger partial charge in [0.2, 0.25) is 0 Å². The van der Waals surface area contributed by atoms with Gasteiger partial charge in [-0.25, -0.2) is 0 Å². The van der Waals surface area contributed by atoms with E-state index in [0.29, 0.717) is 12.0 Å². The van der Waals surface area contributed by atoms with Gasteiger partial charge in [0, 0.05) is 12.6 Å². The molecular weight excluding hydrogens is 246 g/mol. The zero-order valence-corrected chi connectivity index (χ0v) is 12.6. The average Bonchev–Trinajstić information content (AvgIpc) is 2.46. The van der Waals surface area contributed by atoms with E-state index in [0.717, 1.165) is 30.1 Å². The van der Waals surface area contributed by atoms with Crippen molar-refractivity contribution in [2.24, 2.45) is 5.92 Å². The number of aromatic nitrogens is 2. The molecule has 0 amide bonds. The quantitative estimate of drug-likeness (QED) is 0.768. The summed E-state index contributed by atoms with van der Waals surface area (Å²) in [6, 6.07) is 4.47. The van der Waals surface area contributed by atoms with Crippen LogP contribution in [0, 0.1) is 12.8 Å². The lowest BCUT2D eigenvalue weighted by Gasteiger charge is -2.33. The summed E-state index contributed by atoms with van der Waals surface area (Å²) in [5, 5.41) is 8.39. The monoisotopic (exact) mass is 269 g/mol. The largest absolute Gasteiger partial charge is 0.293 e. The van der Waals surface area contributed by atoms with Crippen LogP contribution in [0.2, 0.25) is 0 Å². The van der Waals surface area contributed by atoms with E-state index in [1.807, 2.05) is 25.1 Å². The summed E-state index contributed by atoms with van der Waals surface area (Å²) in [6.45, 7) is 12.2. The van der Waals surface area contributed by atoms with Crippen LogP contribution in [0.4, 0.5) is 0 Å². The van der Waals surface area contributed by atoms with Crippen molar-refractivity contribution in [3.63, 3.8) is 0 Å². The van der Waals surface area contributed by atoms with Crippen molar-refractivity contribution in [2.75, 3.05) is 13.1 Å². The summed E-state index contributed by atoms with van der Waals surface area (Å²) in [5.74, 6) is 0.456. The minimum atomic E-state index is 0.431. The maximum Gasteiger partial charge on any atom is 0.0926 e. The smallest absolute Gasteiger partial charge is 0.0926 e. The molecule has 0 N–H and O–H groups in total. The summed E-state index contributed by atoms with van der Waals surface area (Å²) in [4.78, 5) is 2.42. The molecule has 0 aromatic carbocycles. The molecule has 0 fully saturated rings. The summed E-state index contributed by atoms with van der Waals surface area (Å²) in [5.41, 5.74) is 3.06. The third kappa shape index (κ3) is 3.23. The predicted molar refractivity (Wildman–Crippen MR) is 84.3 cm³/mol. The van der Waals surface area contributed by atoms with Gasteiger partial charge in [-0.3, -0.25) is 4.90 Å². The van der Waals surface area contributed by atoms with Crippen molar-refractivity contribution < 1.29 is 0 Å². The minimum absolute atomic E-state index is 0.431. The van der Waals surface area contributed by atoms with Crippen LogP contribution in [-0.4, -0.2) is 34.2 Å². The van der Waals surface area contributed by atoms with E-state index in [-0.39, 0.29) is 0 Å². The van der Waals surface area contributed by atoms with Gasteiger partial charge in [-0.2, -0.15) is 10.2 Å². The van der Waals surface area contributed by atoms with Crippen LogP contribution in [-0.2, 0) is 0 Å². The van der Waals surface area contributed by atoms with Crippen molar-refractivity contribution in [2.45, 2.75) is 26.8 Å². The Labute approximate surface area is 121 Å². The number of aryl methyl sites for hydroxylation is 1. The Morgan fingerprint density at radius 1 is 1.35 bits per heavy atom. The fourth-order valence-electron chi connectivity index (χ4n) is 2.62. The highest BCUT2D eigenvalue weighted by Gasteiger charge is 2.22. The Balaban J connectivity index is 2.16. The number of hydrogen-bond acceptors (Lipinski definition) is 3. The number of likely N-dealkylation sites (N-methyl/N-ethyl adjacent to an activating group) is 1. The normalized spacial score (nSPS) is 21.9. The lowest BCUT2D eigenvalue weighted by atomic mass is 9.90. The molecule has 1 aliphatic carbocycles. The van der Waals surface area contributed by atoms with Crippen molar-refractivity contribution in [3.05, 3.63) is 54.4 Å². The minimum Gasteiger partial charge on any atom is -0.293 e. The van der Waals surface area contributed by atoms with Gasteiger partial charge in [0.15, 0.2) is 0 Å². The highest BCUT2D eigenvalue weighted by molar-refractivity contribution is 5.73. The van der Waals surface area contributed by atoms with Gasteiger partial charge >= 0.3 is 0 Å². The van der Waals surface area contributed by atoms with E-state index in [9.17, 15) is 0 Å². The molecule has 3 heteroatoms. The Bertz CT molecular complexity index is 514. The van der Waals surface area contributed by atoms with Gasteiger partial charge in [-0.15, -0.1) is 6.58 Å². The molecule has 0 saturated carbocycles. The van der Waals surface area contributed by atoms with Gasteiger partial charge in [0.1, 0.15) is 0 Å². The maximum absolute atomic E-state index is 4.26. The van der Waals surface area contributed by atoms with Crippen molar-refractivity contribution in [1.82, 2.24) is 15.1 Å². The molecule has 0 bridgehead atoms. The average molecular weight is 269 g/mol. The highest BCUT2D eigenvalue weighted by atomic mass is 15.1. The Hall–Kier alpha value is -1.74. The van der Waals surface area contributed by atoms with E-state index in [1.165, 1.54) is 0 Å². The summed E-state index contributed by atoms with van der Waals surface area (Å²) in [7, 11) is 0. The molecule has 1 aromatic rings. The van der Waals surface area contributed by atoms with E-state index < -0.39 is 0 Å². The molecule has 0 saturated heterocycles. The van der Waals surface area contributed by atoms with Gasteiger partial charge < -0.3 is 0 Å². The molecule has 20 heavy (non-hydrogen) atoms. The Morgan fingerprint density at radius 3 is 2.70 bits per heavy atom. The van der Waals surface area contributed by atoms with Crippen molar-refractivity contribution >= 4 is 5.57 Å². The van der Waals surface area contributed by atoms with Gasteiger partial charge in [0.25, 0.3) is 0 Å². The van der Waals surface area contributed by atoms with E-state index in [1.54, 1.807) is 0 Å². The topological polar surface area (TPSA) is 29.0 Å². The summed E-state index contributed by atoms with van der Waals surface area (Å²) < 4.78 is 0. The van der Waals surface area contributed by atoms with Crippen molar-refractivity contribution in [1.29, 1.82) is 0 Å². The highest BCUT2D eigenvalue weighted by Crippen LogP contribution is 2.26. The van der Waals surface area contributed by atoms with Crippen LogP contribution in [0.15, 0.2) is 43.0 Å². The number of hydrogen-bond donors (Lipinski definition) is 0. The molecule has 3 nitrogen and oxygen atoms in total. The zero-order chi connectivity index (χ0) is 14.5. The third-order valence-electron chi connectivity index (χ3n) is 3.74. The van der Waals surface area contributed by atoms with Crippen LogP contribution in [0.25, 0.3) is 5.57 Å². The van der Waals surface area contributed by atoms with Crippen LogP contribution in [0.3, 0.4) is 0 Å². The van der Waals surface area contributed by atoms with E-state index >= 15 is 0 Å². The first-order chi connectivity index (χ1) is 9.65. The van der Waals surface area contributed by atoms with Gasteiger partial charge in [-0.1, -0.05) is 38.2 Å². The standard InChI is InChI=1S/C17H23N3/c1-5-11-20(6-2)17-10-8-15(12-13(17)3)16-9-7-14(4)18-19-16/h5,7-10,12-13,17H,1,6,11H2,2-4H3/t13-,17?/m1/s1. The second-order valence-corrected chi connectivity index (χ2v) is 5.27. The molecule has 1 unspecified atom stereocenters. The SMILES string of the molecule is C=CCN(CC)C1C=CC(c2ccc(C)nn2)=C[C@H]1C. The lowest BCUT2D eigenvalue weighted by Crippen LogP contribution is -2.38. The molecule has 0 spiro atoms. The Kier molecular flexibility index (Phi) is 4.85.